The smallest absolute Gasteiger partial charge is 0.396 e. The molecule has 1 atom stereocenters. The summed E-state index contributed by atoms with van der Waals surface area (Å²) in [5, 5.41) is 0.171. The number of unbranched alkanes of at least 4 members (excludes halogenated alkanes) is 1. The lowest BCUT2D eigenvalue weighted by Gasteiger charge is -2.20. The monoisotopic (exact) mass is 323 g/mol. The van der Waals surface area contributed by atoms with Crippen LogP contribution in [0.5, 0.6) is 0 Å². The van der Waals surface area contributed by atoms with Gasteiger partial charge in [0.1, 0.15) is 0 Å². The first-order valence-corrected chi connectivity index (χ1v) is 6.90. The van der Waals surface area contributed by atoms with Crippen molar-refractivity contribution in [2.75, 3.05) is 12.3 Å². The van der Waals surface area contributed by atoms with Crippen molar-refractivity contribution < 1.29 is 22.7 Å². The third-order valence-corrected chi connectivity index (χ3v) is 3.29. The van der Waals surface area contributed by atoms with Crippen molar-refractivity contribution in [3.8, 4) is 0 Å². The summed E-state index contributed by atoms with van der Waals surface area (Å²) in [5.74, 6) is -2.83. The third kappa shape index (κ3) is 5.46. The highest BCUT2D eigenvalue weighted by Gasteiger charge is 2.42. The zero-order valence-corrected chi connectivity index (χ0v) is 12.3. The zero-order chi connectivity index (χ0) is 16.0. The Labute approximate surface area is 126 Å². The van der Waals surface area contributed by atoms with E-state index in [0.29, 0.717) is 6.42 Å². The molecule has 1 aromatic carbocycles. The Kier molecular flexibility index (Phi) is 6.33. The average Bonchev–Trinajstić information content (AvgIpc) is 2.38. The molecule has 21 heavy (non-hydrogen) atoms. The van der Waals surface area contributed by atoms with Crippen LogP contribution in [0.25, 0.3) is 0 Å². The highest BCUT2D eigenvalue weighted by atomic mass is 35.5. The number of nitrogen functional groups attached to an aromatic ring is 1. The van der Waals surface area contributed by atoms with Gasteiger partial charge >= 0.3 is 12.1 Å². The summed E-state index contributed by atoms with van der Waals surface area (Å²) >= 11 is 5.69. The van der Waals surface area contributed by atoms with E-state index in [4.69, 9.17) is 22.1 Å². The maximum Gasteiger partial charge on any atom is 0.396 e. The van der Waals surface area contributed by atoms with E-state index in [2.05, 4.69) is 0 Å². The van der Waals surface area contributed by atoms with Crippen LogP contribution < -0.4 is 5.73 Å². The van der Waals surface area contributed by atoms with Crippen LogP contribution in [0.1, 0.15) is 37.7 Å². The number of carbonyl (C=O) groups excluding carboxylic acids is 1. The van der Waals surface area contributed by atoms with Gasteiger partial charge in [-0.2, -0.15) is 13.2 Å². The molecule has 0 fully saturated rings. The predicted molar refractivity (Wildman–Crippen MR) is 75.1 cm³/mol. The molecule has 0 heterocycles. The highest BCUT2D eigenvalue weighted by Crippen LogP contribution is 2.39. The molecule has 0 aliphatic heterocycles. The zero-order valence-electron chi connectivity index (χ0n) is 11.5. The Bertz CT molecular complexity index is 492. The van der Waals surface area contributed by atoms with Crippen molar-refractivity contribution in [2.45, 2.75) is 38.3 Å². The van der Waals surface area contributed by atoms with Crippen LogP contribution in [0, 0.1) is 0 Å². The number of ether oxygens (including phenoxy) is 1. The van der Waals surface area contributed by atoms with Gasteiger partial charge < -0.3 is 10.5 Å². The van der Waals surface area contributed by atoms with E-state index in [1.165, 1.54) is 12.1 Å². The number of alkyl halides is 3. The first-order chi connectivity index (χ1) is 9.75. The van der Waals surface area contributed by atoms with Crippen molar-refractivity contribution in [3.63, 3.8) is 0 Å². The molecule has 0 spiro atoms. The largest absolute Gasteiger partial charge is 0.466 e. The molecule has 1 rings (SSSR count). The number of benzene rings is 1. The summed E-state index contributed by atoms with van der Waals surface area (Å²) in [7, 11) is 0. The highest BCUT2D eigenvalue weighted by molar-refractivity contribution is 6.33. The Hall–Kier alpha value is -1.43. The molecule has 0 aliphatic rings. The maximum atomic E-state index is 13.1. The number of carbonyl (C=O) groups is 1. The fourth-order valence-electron chi connectivity index (χ4n) is 1.76. The molecule has 3 nitrogen and oxygen atoms in total. The van der Waals surface area contributed by atoms with E-state index in [1.807, 2.05) is 6.92 Å². The number of hydrogen-bond acceptors (Lipinski definition) is 3. The Balaban J connectivity index is 2.86. The summed E-state index contributed by atoms with van der Waals surface area (Å²) in [6.45, 7) is 2.02. The van der Waals surface area contributed by atoms with Crippen LogP contribution in [0.4, 0.5) is 18.9 Å². The minimum absolute atomic E-state index is 0.0442. The van der Waals surface area contributed by atoms with E-state index in [0.717, 1.165) is 12.5 Å². The van der Waals surface area contributed by atoms with Gasteiger partial charge in [0.25, 0.3) is 0 Å². The predicted octanol–water partition coefficient (Wildman–Crippen LogP) is 4.30. The molecule has 118 valence electrons. The van der Waals surface area contributed by atoms with Gasteiger partial charge in [0.2, 0.25) is 0 Å². The fraction of sp³-hybridized carbons (Fsp3) is 0.500. The molecule has 0 radical (unpaired) electrons. The molecule has 0 aliphatic carbocycles. The van der Waals surface area contributed by atoms with Gasteiger partial charge in [0.05, 0.1) is 29.7 Å². The quantitative estimate of drug-likeness (QED) is 0.482. The molecular formula is C14H17ClF3NO2. The maximum absolute atomic E-state index is 13.1. The molecule has 0 amide bonds. The van der Waals surface area contributed by atoms with Gasteiger partial charge in [0, 0.05) is 0 Å². The van der Waals surface area contributed by atoms with Crippen molar-refractivity contribution in [2.24, 2.45) is 0 Å². The molecule has 0 saturated carbocycles. The van der Waals surface area contributed by atoms with Gasteiger partial charge in [-0.3, -0.25) is 4.79 Å². The van der Waals surface area contributed by atoms with Gasteiger partial charge in [-0.05, 0) is 24.1 Å². The second-order valence-electron chi connectivity index (χ2n) is 4.65. The average molecular weight is 324 g/mol. The lowest BCUT2D eigenvalue weighted by atomic mass is 9.94. The first-order valence-electron chi connectivity index (χ1n) is 6.53. The van der Waals surface area contributed by atoms with Crippen LogP contribution in [0.3, 0.4) is 0 Å². The second-order valence-corrected chi connectivity index (χ2v) is 5.06. The standard InChI is InChI=1S/C14H17ClF3NO2/c1-2-3-6-21-13(20)8-10(14(16,17)18)9-4-5-11(15)12(19)7-9/h4-5,7,10H,2-3,6,8,19H2,1H3. The van der Waals surface area contributed by atoms with Crippen LogP contribution >= 0.6 is 11.6 Å². The van der Waals surface area contributed by atoms with Crippen molar-refractivity contribution in [3.05, 3.63) is 28.8 Å². The van der Waals surface area contributed by atoms with Crippen LogP contribution in [-0.4, -0.2) is 18.8 Å². The van der Waals surface area contributed by atoms with Gasteiger partial charge in [-0.1, -0.05) is 31.0 Å². The summed E-state index contributed by atoms with van der Waals surface area (Å²) in [6.07, 6.45) is -3.92. The van der Waals surface area contributed by atoms with Gasteiger partial charge in [0.15, 0.2) is 0 Å². The molecule has 0 aromatic heterocycles. The molecule has 0 saturated heterocycles. The number of hydrogen-bond donors (Lipinski definition) is 1. The van der Waals surface area contributed by atoms with Gasteiger partial charge in [-0.25, -0.2) is 0 Å². The number of anilines is 1. The lowest BCUT2D eigenvalue weighted by Crippen LogP contribution is -2.25. The number of halogens is 4. The summed E-state index contributed by atoms with van der Waals surface area (Å²) in [5.41, 5.74) is 5.46. The Morgan fingerprint density at radius 3 is 2.62 bits per heavy atom. The first kappa shape index (κ1) is 17.6. The molecule has 7 heteroatoms. The Morgan fingerprint density at radius 2 is 2.10 bits per heavy atom. The second kappa shape index (κ2) is 7.54. The SMILES string of the molecule is CCCCOC(=O)CC(c1ccc(Cl)c(N)c1)C(F)(F)F. The summed E-state index contributed by atoms with van der Waals surface area (Å²) in [6, 6.07) is 3.64. The number of rotatable bonds is 6. The van der Waals surface area contributed by atoms with Gasteiger partial charge in [-0.15, -0.1) is 0 Å². The Morgan fingerprint density at radius 1 is 1.43 bits per heavy atom. The number of esters is 1. The minimum atomic E-state index is -4.57. The molecule has 1 aromatic rings. The molecule has 0 bridgehead atoms. The number of nitrogens with two attached hydrogens (primary N) is 1. The van der Waals surface area contributed by atoms with Crippen LogP contribution in [-0.2, 0) is 9.53 Å². The van der Waals surface area contributed by atoms with Crippen molar-refractivity contribution in [1.29, 1.82) is 0 Å². The molecule has 2 N–H and O–H groups in total. The van der Waals surface area contributed by atoms with Crippen molar-refractivity contribution in [1.82, 2.24) is 0 Å². The van der Waals surface area contributed by atoms with E-state index in [9.17, 15) is 18.0 Å². The van der Waals surface area contributed by atoms with E-state index in [1.54, 1.807) is 0 Å². The summed E-state index contributed by atoms with van der Waals surface area (Å²) in [4.78, 5) is 11.5. The van der Waals surface area contributed by atoms with Crippen LogP contribution in [0.2, 0.25) is 5.02 Å². The van der Waals surface area contributed by atoms with Crippen LogP contribution in [0.15, 0.2) is 18.2 Å². The fourth-order valence-corrected chi connectivity index (χ4v) is 1.88. The third-order valence-electron chi connectivity index (χ3n) is 2.95. The topological polar surface area (TPSA) is 52.3 Å². The lowest BCUT2D eigenvalue weighted by molar-refractivity contribution is -0.166. The van der Waals surface area contributed by atoms with E-state index < -0.39 is 24.5 Å². The molecule has 1 unspecified atom stereocenters. The minimum Gasteiger partial charge on any atom is -0.466 e. The molecular weight excluding hydrogens is 307 g/mol. The normalized spacial score (nSPS) is 13.0. The van der Waals surface area contributed by atoms with E-state index in [-0.39, 0.29) is 22.9 Å². The summed E-state index contributed by atoms with van der Waals surface area (Å²) < 4.78 is 44.1. The van der Waals surface area contributed by atoms with E-state index >= 15 is 0 Å². The van der Waals surface area contributed by atoms with Crippen molar-refractivity contribution >= 4 is 23.3 Å².